The Labute approximate surface area is 159 Å². The van der Waals surface area contributed by atoms with E-state index < -0.39 is 46.1 Å². The van der Waals surface area contributed by atoms with Crippen LogP contribution in [0.4, 0.5) is 9.59 Å². The van der Waals surface area contributed by atoms with Gasteiger partial charge in [-0.2, -0.15) is 8.42 Å². The van der Waals surface area contributed by atoms with Crippen LogP contribution in [0.3, 0.4) is 0 Å². The summed E-state index contributed by atoms with van der Waals surface area (Å²) in [5.41, 5.74) is 0.748. The summed E-state index contributed by atoms with van der Waals surface area (Å²) < 4.78 is 30.9. The number of nitrogens with one attached hydrogen (secondary N) is 3. The fourth-order valence-electron chi connectivity index (χ4n) is 2.00. The Bertz CT molecular complexity index is 846. The Hall–Kier alpha value is -2.86. The molecule has 1 heterocycles. The quantitative estimate of drug-likeness (QED) is 0.413. The van der Waals surface area contributed by atoms with Gasteiger partial charge in [-0.15, -0.1) is 11.6 Å². The number of rotatable bonds is 6. The highest BCUT2D eigenvalue weighted by molar-refractivity contribution is 7.88. The molecule has 3 N–H and O–H groups in total. The maximum Gasteiger partial charge on any atom is 0.408 e. The number of alkyl halides is 1. The van der Waals surface area contributed by atoms with E-state index in [2.05, 4.69) is 5.32 Å². The first-order valence-corrected chi connectivity index (χ1v) is 9.45. The van der Waals surface area contributed by atoms with Crippen LogP contribution in [0.1, 0.15) is 5.56 Å². The van der Waals surface area contributed by atoms with Gasteiger partial charge in [-0.3, -0.25) is 14.5 Å². The highest BCUT2D eigenvalue weighted by Crippen LogP contribution is 2.11. The van der Waals surface area contributed by atoms with E-state index in [0.29, 0.717) is 4.90 Å². The number of halogens is 1. The summed E-state index contributed by atoms with van der Waals surface area (Å²) in [7, 11) is -4.51. The number of hydrogen-bond donors (Lipinski definition) is 3. The summed E-state index contributed by atoms with van der Waals surface area (Å²) in [6.45, 7) is -0.264. The van der Waals surface area contributed by atoms with E-state index in [1.165, 1.54) is 9.44 Å². The zero-order valence-corrected chi connectivity index (χ0v) is 15.2. The SMILES string of the molecule is O=C(CCl)NS(=O)(=O)NC(=O)N1CC(NC(=O)OCc2ccccc2)C1=O. The number of hydrogen-bond acceptors (Lipinski definition) is 7. The van der Waals surface area contributed by atoms with Gasteiger partial charge in [-0.25, -0.2) is 19.0 Å². The molecule has 1 aliphatic rings. The third kappa shape index (κ3) is 5.82. The van der Waals surface area contributed by atoms with Gasteiger partial charge in [0.1, 0.15) is 18.5 Å². The van der Waals surface area contributed by atoms with Gasteiger partial charge in [0.05, 0.1) is 6.54 Å². The molecular weight excluding hydrogens is 404 g/mol. The number of ether oxygens (including phenoxy) is 1. The predicted molar refractivity (Wildman–Crippen MR) is 91.6 cm³/mol. The molecule has 1 atom stereocenters. The fourth-order valence-corrected chi connectivity index (χ4v) is 2.91. The molecule has 1 aliphatic heterocycles. The standard InChI is InChI=1S/C14H15ClN4O7S/c15-6-11(20)17-27(24,25)18-13(22)19-7-10(12(19)21)16-14(23)26-8-9-4-2-1-3-5-9/h1-5,10H,6-8H2,(H,16,23)(H,17,20)(H,18,22). The number of carbonyl (C=O) groups excluding carboxylic acids is 4. The lowest BCUT2D eigenvalue weighted by Crippen LogP contribution is -2.67. The van der Waals surface area contributed by atoms with Crippen molar-refractivity contribution in [1.29, 1.82) is 0 Å². The Morgan fingerprint density at radius 2 is 1.85 bits per heavy atom. The van der Waals surface area contributed by atoms with Crippen molar-refractivity contribution in [2.75, 3.05) is 12.4 Å². The number of likely N-dealkylation sites (tertiary alicyclic amines) is 1. The van der Waals surface area contributed by atoms with Crippen molar-refractivity contribution in [2.24, 2.45) is 0 Å². The van der Waals surface area contributed by atoms with Crippen molar-refractivity contribution in [3.05, 3.63) is 35.9 Å². The third-order valence-corrected chi connectivity index (χ3v) is 4.45. The van der Waals surface area contributed by atoms with Crippen molar-refractivity contribution in [3.63, 3.8) is 0 Å². The maximum atomic E-state index is 11.9. The average Bonchev–Trinajstić information content (AvgIpc) is 2.62. The van der Waals surface area contributed by atoms with Crippen LogP contribution in [0.5, 0.6) is 0 Å². The number of benzene rings is 1. The van der Waals surface area contributed by atoms with E-state index in [-0.39, 0.29) is 13.2 Å². The minimum Gasteiger partial charge on any atom is -0.445 e. The van der Waals surface area contributed by atoms with Gasteiger partial charge in [0.2, 0.25) is 5.91 Å². The lowest BCUT2D eigenvalue weighted by atomic mass is 10.1. The Balaban J connectivity index is 1.77. The van der Waals surface area contributed by atoms with E-state index in [1.54, 1.807) is 30.3 Å². The number of β-lactam (4-membered cyclic amide) rings is 1. The van der Waals surface area contributed by atoms with Gasteiger partial charge in [0.15, 0.2) is 0 Å². The minimum absolute atomic E-state index is 0.00367. The first-order chi connectivity index (χ1) is 12.7. The molecule has 0 aromatic heterocycles. The number of amides is 5. The molecule has 11 nitrogen and oxygen atoms in total. The third-order valence-electron chi connectivity index (χ3n) is 3.27. The summed E-state index contributed by atoms with van der Waals surface area (Å²) in [5, 5.41) is 2.26. The van der Waals surface area contributed by atoms with Gasteiger partial charge in [-0.1, -0.05) is 30.3 Å². The lowest BCUT2D eigenvalue weighted by molar-refractivity contribution is -0.139. The van der Waals surface area contributed by atoms with E-state index in [9.17, 15) is 27.6 Å². The molecule has 0 radical (unpaired) electrons. The van der Waals surface area contributed by atoms with Crippen LogP contribution >= 0.6 is 11.6 Å². The number of nitrogens with zero attached hydrogens (tertiary/aromatic N) is 1. The molecule has 27 heavy (non-hydrogen) atoms. The van der Waals surface area contributed by atoms with E-state index >= 15 is 0 Å². The van der Waals surface area contributed by atoms with Crippen LogP contribution in [0.2, 0.25) is 0 Å². The molecule has 0 spiro atoms. The molecule has 13 heteroatoms. The molecule has 0 bridgehead atoms. The summed E-state index contributed by atoms with van der Waals surface area (Å²) in [4.78, 5) is 46.8. The molecule has 1 saturated heterocycles. The van der Waals surface area contributed by atoms with Gasteiger partial charge >= 0.3 is 22.3 Å². The van der Waals surface area contributed by atoms with Gasteiger partial charge < -0.3 is 10.1 Å². The second-order valence-corrected chi connectivity index (χ2v) is 6.96. The van der Waals surface area contributed by atoms with E-state index in [4.69, 9.17) is 16.3 Å². The van der Waals surface area contributed by atoms with Crippen LogP contribution in [0, 0.1) is 0 Å². The van der Waals surface area contributed by atoms with Gasteiger partial charge in [0, 0.05) is 0 Å². The normalized spacial score (nSPS) is 16.1. The fraction of sp³-hybridized carbons (Fsp3) is 0.286. The topological polar surface area (TPSA) is 151 Å². The molecule has 5 amide bonds. The Morgan fingerprint density at radius 3 is 2.44 bits per heavy atom. The first-order valence-electron chi connectivity index (χ1n) is 7.43. The highest BCUT2D eigenvalue weighted by Gasteiger charge is 2.43. The van der Waals surface area contributed by atoms with E-state index in [1.807, 2.05) is 0 Å². The Kier molecular flexibility index (Phi) is 6.58. The monoisotopic (exact) mass is 418 g/mol. The van der Waals surface area contributed by atoms with Crippen molar-refractivity contribution >= 4 is 45.7 Å². The molecule has 1 aromatic rings. The van der Waals surface area contributed by atoms with Gasteiger partial charge in [0.25, 0.3) is 5.91 Å². The summed E-state index contributed by atoms with van der Waals surface area (Å²) in [6, 6.07) is 6.54. The zero-order chi connectivity index (χ0) is 20.0. The largest absolute Gasteiger partial charge is 0.445 e. The van der Waals surface area contributed by atoms with Crippen LogP contribution in [-0.2, 0) is 31.1 Å². The maximum absolute atomic E-state index is 11.9. The first kappa shape index (κ1) is 20.5. The van der Waals surface area contributed by atoms with Crippen LogP contribution < -0.4 is 14.8 Å². The molecular formula is C14H15ClN4O7S. The number of carbonyl (C=O) groups is 4. The average molecular weight is 419 g/mol. The van der Waals surface area contributed by atoms with Crippen LogP contribution in [-0.4, -0.2) is 55.7 Å². The smallest absolute Gasteiger partial charge is 0.408 e. The molecule has 1 aromatic carbocycles. The highest BCUT2D eigenvalue weighted by atomic mass is 35.5. The van der Waals surface area contributed by atoms with Crippen molar-refractivity contribution in [1.82, 2.24) is 19.7 Å². The lowest BCUT2D eigenvalue weighted by Gasteiger charge is -2.36. The second-order valence-electron chi connectivity index (χ2n) is 5.28. The van der Waals surface area contributed by atoms with Gasteiger partial charge in [-0.05, 0) is 5.56 Å². The number of imide groups is 1. The summed E-state index contributed by atoms with van der Waals surface area (Å²) in [6.07, 6.45) is -0.862. The molecule has 1 fully saturated rings. The van der Waals surface area contributed by atoms with Crippen LogP contribution in [0.25, 0.3) is 0 Å². The molecule has 0 aliphatic carbocycles. The van der Waals surface area contributed by atoms with Crippen LogP contribution in [0.15, 0.2) is 30.3 Å². The van der Waals surface area contributed by atoms with Crippen molar-refractivity contribution in [3.8, 4) is 0 Å². The summed E-state index contributed by atoms with van der Waals surface area (Å²) in [5.74, 6) is -2.51. The summed E-state index contributed by atoms with van der Waals surface area (Å²) >= 11 is 5.15. The molecule has 146 valence electrons. The zero-order valence-electron chi connectivity index (χ0n) is 13.7. The van der Waals surface area contributed by atoms with Crippen molar-refractivity contribution in [2.45, 2.75) is 12.6 Å². The Morgan fingerprint density at radius 1 is 1.19 bits per heavy atom. The minimum atomic E-state index is -4.51. The molecule has 0 saturated carbocycles. The number of alkyl carbamates (subject to hydrolysis) is 1. The van der Waals surface area contributed by atoms with Crippen molar-refractivity contribution < 1.29 is 32.3 Å². The number of urea groups is 1. The van der Waals surface area contributed by atoms with E-state index in [0.717, 1.165) is 5.56 Å². The molecule has 2 rings (SSSR count). The predicted octanol–water partition coefficient (Wildman–Crippen LogP) is -0.567. The second kappa shape index (κ2) is 8.68. The molecule has 1 unspecified atom stereocenters.